The van der Waals surface area contributed by atoms with Crippen LogP contribution in [-0.2, 0) is 4.79 Å². The number of nitrogens with zero attached hydrogens (tertiary/aromatic N) is 4. The van der Waals surface area contributed by atoms with E-state index in [1.807, 2.05) is 24.5 Å². The molecule has 5 rings (SSSR count). The van der Waals surface area contributed by atoms with Gasteiger partial charge in [0, 0.05) is 61.2 Å². The Kier molecular flexibility index (Phi) is 6.39. The summed E-state index contributed by atoms with van der Waals surface area (Å²) in [6.45, 7) is 5.57. The Balaban J connectivity index is 1.43. The zero-order valence-electron chi connectivity index (χ0n) is 18.9. The summed E-state index contributed by atoms with van der Waals surface area (Å²) in [5.41, 5.74) is 14.7. The molecule has 172 valence electrons. The topological polar surface area (TPSA) is 87.4 Å². The molecule has 2 aromatic heterocycles. The van der Waals surface area contributed by atoms with E-state index in [9.17, 15) is 4.79 Å². The Morgan fingerprint density at radius 3 is 2.64 bits per heavy atom. The summed E-state index contributed by atoms with van der Waals surface area (Å²) in [7, 11) is 0. The fraction of sp³-hybridized carbons (Fsp3) is 0.400. The Hall–Kier alpha value is -2.81. The molecule has 2 fully saturated rings. The number of hydrazine groups is 1. The molecule has 2 unspecified atom stereocenters. The minimum atomic E-state index is -0.0251. The lowest BCUT2D eigenvalue weighted by molar-refractivity contribution is -0.124. The number of nitrogens with one attached hydrogen (secondary N) is 1. The van der Waals surface area contributed by atoms with Gasteiger partial charge in [0.25, 0.3) is 0 Å². The fourth-order valence-corrected chi connectivity index (χ4v) is 5.82. The maximum absolute atomic E-state index is 11.8. The number of hydrogen-bond acceptors (Lipinski definition) is 7. The molecule has 7 nitrogen and oxygen atoms in total. The van der Waals surface area contributed by atoms with E-state index >= 15 is 0 Å². The van der Waals surface area contributed by atoms with E-state index in [0.717, 1.165) is 60.5 Å². The van der Waals surface area contributed by atoms with Crippen molar-refractivity contribution in [3.63, 3.8) is 0 Å². The minimum Gasteiger partial charge on any atom is -0.398 e. The number of rotatable bonds is 6. The van der Waals surface area contributed by atoms with Crippen molar-refractivity contribution in [1.82, 2.24) is 25.3 Å². The molecule has 2 saturated heterocycles. The number of amides is 1. The third kappa shape index (κ3) is 4.64. The van der Waals surface area contributed by atoms with Crippen LogP contribution in [0.25, 0.3) is 22.5 Å². The van der Waals surface area contributed by atoms with Gasteiger partial charge >= 0.3 is 0 Å². The second kappa shape index (κ2) is 9.59. The van der Waals surface area contributed by atoms with Crippen LogP contribution in [0, 0.1) is 0 Å². The van der Waals surface area contributed by atoms with E-state index in [4.69, 9.17) is 5.73 Å². The van der Waals surface area contributed by atoms with Gasteiger partial charge in [0.05, 0.1) is 0 Å². The number of benzene rings is 1. The molecule has 4 heterocycles. The smallest absolute Gasteiger partial charge is 0.231 e. The van der Waals surface area contributed by atoms with Gasteiger partial charge in [-0.15, -0.1) is 0 Å². The Bertz CT molecular complexity index is 1090. The molecule has 3 N–H and O–H groups in total. The molecule has 2 atom stereocenters. The first kappa shape index (κ1) is 22.0. The molecular formula is C25H30N6OS. The van der Waals surface area contributed by atoms with Crippen LogP contribution in [0.2, 0.25) is 0 Å². The number of nitrogen functional groups attached to an aromatic ring is 1. The van der Waals surface area contributed by atoms with Gasteiger partial charge in [-0.05, 0) is 66.4 Å². The lowest BCUT2D eigenvalue weighted by atomic mass is 9.88. The van der Waals surface area contributed by atoms with Gasteiger partial charge < -0.3 is 10.6 Å². The van der Waals surface area contributed by atoms with Gasteiger partial charge in [0.1, 0.15) is 0 Å². The number of aromatic nitrogens is 2. The van der Waals surface area contributed by atoms with Crippen molar-refractivity contribution in [2.24, 2.45) is 0 Å². The number of carbonyl (C=O) groups is 1. The number of nitrogens with two attached hydrogens (primary N) is 1. The molecule has 33 heavy (non-hydrogen) atoms. The standard InChI is InChI=1S/C25H30N6OS/c1-17(32)29-31-11-7-20(23(31)15-30-9-2-3-10-30)21-5-4-6-22(24(21)26)25-27-13-19(14-28-25)18-8-12-33-16-18/h4-6,8,12-14,16,20,23H,2-3,7,9-11,15,26H2,1H3,(H,29,32). The molecule has 0 radical (unpaired) electrons. The third-order valence-corrected chi connectivity index (χ3v) is 7.46. The van der Waals surface area contributed by atoms with E-state index in [2.05, 4.69) is 48.2 Å². The number of para-hydroxylation sites is 1. The summed E-state index contributed by atoms with van der Waals surface area (Å²) >= 11 is 1.66. The van der Waals surface area contributed by atoms with Gasteiger partial charge in [0.2, 0.25) is 5.91 Å². The van der Waals surface area contributed by atoms with Crippen molar-refractivity contribution in [3.05, 3.63) is 53.0 Å². The summed E-state index contributed by atoms with van der Waals surface area (Å²) < 4.78 is 0. The summed E-state index contributed by atoms with van der Waals surface area (Å²) in [5, 5.41) is 6.26. The lowest BCUT2D eigenvalue weighted by Gasteiger charge is -2.32. The predicted octanol–water partition coefficient (Wildman–Crippen LogP) is 3.76. The Morgan fingerprint density at radius 1 is 1.15 bits per heavy atom. The highest BCUT2D eigenvalue weighted by Crippen LogP contribution is 2.39. The number of likely N-dealkylation sites (tertiary alicyclic amines) is 1. The minimum absolute atomic E-state index is 0.0251. The molecule has 3 aromatic rings. The third-order valence-electron chi connectivity index (χ3n) is 6.78. The van der Waals surface area contributed by atoms with Gasteiger partial charge in [-0.1, -0.05) is 12.1 Å². The first-order chi connectivity index (χ1) is 16.1. The van der Waals surface area contributed by atoms with Crippen LogP contribution >= 0.6 is 11.3 Å². The monoisotopic (exact) mass is 462 g/mol. The molecule has 2 aliphatic heterocycles. The van der Waals surface area contributed by atoms with Crippen LogP contribution < -0.4 is 11.2 Å². The largest absolute Gasteiger partial charge is 0.398 e. The van der Waals surface area contributed by atoms with Crippen molar-refractivity contribution in [3.8, 4) is 22.5 Å². The number of thiophene rings is 1. The second-order valence-electron chi connectivity index (χ2n) is 8.95. The summed E-state index contributed by atoms with van der Waals surface area (Å²) in [6, 6.07) is 8.42. The number of carbonyl (C=O) groups excluding carboxylic acids is 1. The Morgan fingerprint density at radius 2 is 1.94 bits per heavy atom. The second-order valence-corrected chi connectivity index (χ2v) is 9.73. The van der Waals surface area contributed by atoms with Crippen LogP contribution in [0.5, 0.6) is 0 Å². The van der Waals surface area contributed by atoms with Gasteiger partial charge in [0.15, 0.2) is 5.82 Å². The van der Waals surface area contributed by atoms with E-state index in [1.54, 1.807) is 18.3 Å². The van der Waals surface area contributed by atoms with Crippen molar-refractivity contribution < 1.29 is 4.79 Å². The normalized spacial score (nSPS) is 21.5. The van der Waals surface area contributed by atoms with Crippen molar-refractivity contribution in [1.29, 1.82) is 0 Å². The molecule has 0 saturated carbocycles. The quantitative estimate of drug-likeness (QED) is 0.543. The van der Waals surface area contributed by atoms with Crippen LogP contribution in [-0.4, -0.2) is 58.0 Å². The summed E-state index contributed by atoms with van der Waals surface area (Å²) in [6.07, 6.45) is 7.16. The van der Waals surface area contributed by atoms with E-state index in [1.165, 1.54) is 12.8 Å². The SMILES string of the molecule is CC(=O)NN1CCC(c2cccc(-c3ncc(-c4ccsc4)cn3)c2N)C1CN1CCCC1. The highest BCUT2D eigenvalue weighted by atomic mass is 32.1. The van der Waals surface area contributed by atoms with Gasteiger partial charge in [-0.2, -0.15) is 11.3 Å². The predicted molar refractivity (Wildman–Crippen MR) is 133 cm³/mol. The molecule has 0 spiro atoms. The average molecular weight is 463 g/mol. The summed E-state index contributed by atoms with van der Waals surface area (Å²) in [5.74, 6) is 0.853. The first-order valence-electron chi connectivity index (χ1n) is 11.6. The van der Waals surface area contributed by atoms with Gasteiger partial charge in [-0.25, -0.2) is 15.0 Å². The van der Waals surface area contributed by atoms with Crippen molar-refractivity contribution >= 4 is 22.9 Å². The van der Waals surface area contributed by atoms with Crippen LogP contribution in [0.3, 0.4) is 0 Å². The molecule has 1 amide bonds. The zero-order chi connectivity index (χ0) is 22.8. The van der Waals surface area contributed by atoms with Crippen LogP contribution in [0.1, 0.15) is 37.7 Å². The average Bonchev–Trinajstić information content (AvgIpc) is 3.58. The van der Waals surface area contributed by atoms with Crippen molar-refractivity contribution in [2.75, 3.05) is 31.9 Å². The zero-order valence-corrected chi connectivity index (χ0v) is 19.7. The number of anilines is 1. The van der Waals surface area contributed by atoms with Crippen molar-refractivity contribution in [2.45, 2.75) is 38.1 Å². The van der Waals surface area contributed by atoms with Crippen LogP contribution in [0.15, 0.2) is 47.4 Å². The Labute approximate surface area is 198 Å². The van der Waals surface area contributed by atoms with E-state index in [0.29, 0.717) is 5.82 Å². The lowest BCUT2D eigenvalue weighted by Crippen LogP contribution is -2.49. The first-order valence-corrected chi connectivity index (χ1v) is 12.5. The molecular weight excluding hydrogens is 432 g/mol. The van der Waals surface area contributed by atoms with E-state index < -0.39 is 0 Å². The highest BCUT2D eigenvalue weighted by molar-refractivity contribution is 7.08. The molecule has 0 bridgehead atoms. The maximum Gasteiger partial charge on any atom is 0.231 e. The van der Waals surface area contributed by atoms with Crippen LogP contribution in [0.4, 0.5) is 5.69 Å². The molecule has 1 aromatic carbocycles. The summed E-state index contributed by atoms with van der Waals surface area (Å²) in [4.78, 5) is 23.6. The highest BCUT2D eigenvalue weighted by Gasteiger charge is 2.38. The maximum atomic E-state index is 11.8. The number of hydrogen-bond donors (Lipinski definition) is 2. The molecule has 0 aliphatic carbocycles. The fourth-order valence-electron chi connectivity index (χ4n) is 5.16. The molecule has 8 heteroatoms. The van der Waals surface area contributed by atoms with E-state index in [-0.39, 0.29) is 17.9 Å². The molecule has 2 aliphatic rings. The van der Waals surface area contributed by atoms with Gasteiger partial charge in [-0.3, -0.25) is 10.2 Å².